The molecular formula is C56H39N3. The third kappa shape index (κ3) is 5.94. The molecule has 8 aromatic carbocycles. The second-order valence-corrected chi connectivity index (χ2v) is 16.0. The molecule has 1 aliphatic rings. The number of rotatable bonds is 6. The average molecular weight is 754 g/mol. The highest BCUT2D eigenvalue weighted by Crippen LogP contribution is 2.51. The highest BCUT2D eigenvalue weighted by Gasteiger charge is 2.36. The number of hydrogen-bond donors (Lipinski definition) is 0. The van der Waals surface area contributed by atoms with Crippen molar-refractivity contribution in [3.63, 3.8) is 0 Å². The van der Waals surface area contributed by atoms with Crippen LogP contribution in [-0.4, -0.2) is 15.0 Å². The first kappa shape index (κ1) is 34.7. The van der Waals surface area contributed by atoms with E-state index in [0.717, 1.165) is 77.9 Å². The van der Waals surface area contributed by atoms with Crippen molar-refractivity contribution in [1.82, 2.24) is 15.0 Å². The Bertz CT molecular complexity index is 3230. The van der Waals surface area contributed by atoms with Gasteiger partial charge in [-0.15, -0.1) is 0 Å². The van der Waals surface area contributed by atoms with Crippen LogP contribution in [0.15, 0.2) is 200 Å². The molecule has 0 atom stereocenters. The Kier molecular flexibility index (Phi) is 8.16. The van der Waals surface area contributed by atoms with Gasteiger partial charge in [-0.05, 0) is 85.6 Å². The molecule has 59 heavy (non-hydrogen) atoms. The summed E-state index contributed by atoms with van der Waals surface area (Å²) in [6.07, 6.45) is 0. The zero-order valence-electron chi connectivity index (χ0n) is 32.9. The lowest BCUT2D eigenvalue weighted by Gasteiger charge is -2.22. The van der Waals surface area contributed by atoms with Crippen molar-refractivity contribution in [3.05, 3.63) is 211 Å². The van der Waals surface area contributed by atoms with Crippen LogP contribution in [0, 0.1) is 0 Å². The van der Waals surface area contributed by atoms with Crippen molar-refractivity contribution in [2.45, 2.75) is 19.3 Å². The number of fused-ring (bicyclic) bond motifs is 5. The summed E-state index contributed by atoms with van der Waals surface area (Å²) in [5.41, 5.74) is 17.5. The van der Waals surface area contributed by atoms with Crippen molar-refractivity contribution < 1.29 is 0 Å². The molecule has 0 aliphatic heterocycles. The zero-order chi connectivity index (χ0) is 39.5. The summed E-state index contributed by atoms with van der Waals surface area (Å²) < 4.78 is 0. The largest absolute Gasteiger partial charge is 0.248 e. The fraction of sp³-hybridized carbons (Fsp3) is 0.0536. The summed E-state index contributed by atoms with van der Waals surface area (Å²) in [5.74, 6) is 0.681. The first-order chi connectivity index (χ1) is 29.0. The van der Waals surface area contributed by atoms with Crippen LogP contribution in [0.25, 0.3) is 100 Å². The fourth-order valence-electron chi connectivity index (χ4n) is 9.12. The van der Waals surface area contributed by atoms with Gasteiger partial charge in [-0.2, -0.15) is 0 Å². The summed E-state index contributed by atoms with van der Waals surface area (Å²) in [4.78, 5) is 16.1. The van der Waals surface area contributed by atoms with Crippen LogP contribution in [0.2, 0.25) is 0 Å². The molecule has 0 radical (unpaired) electrons. The molecule has 0 fully saturated rings. The molecule has 2 aromatic heterocycles. The summed E-state index contributed by atoms with van der Waals surface area (Å²) >= 11 is 0. The number of benzene rings is 8. The second kappa shape index (κ2) is 13.9. The topological polar surface area (TPSA) is 38.7 Å². The number of pyridine rings is 1. The van der Waals surface area contributed by atoms with Crippen LogP contribution >= 0.6 is 0 Å². The van der Waals surface area contributed by atoms with Crippen LogP contribution in [0.1, 0.15) is 25.0 Å². The lowest BCUT2D eigenvalue weighted by molar-refractivity contribution is 0.661. The number of aromatic nitrogens is 3. The zero-order valence-corrected chi connectivity index (χ0v) is 32.9. The highest BCUT2D eigenvalue weighted by molar-refractivity contribution is 6.03. The highest BCUT2D eigenvalue weighted by atomic mass is 14.9. The second-order valence-electron chi connectivity index (χ2n) is 16.0. The molecule has 0 N–H and O–H groups in total. The van der Waals surface area contributed by atoms with Crippen molar-refractivity contribution in [3.8, 4) is 78.5 Å². The van der Waals surface area contributed by atoms with Gasteiger partial charge in [-0.25, -0.2) is 15.0 Å². The van der Waals surface area contributed by atoms with E-state index in [0.29, 0.717) is 5.82 Å². The van der Waals surface area contributed by atoms with Crippen molar-refractivity contribution >= 4 is 21.7 Å². The minimum absolute atomic E-state index is 0.150. The van der Waals surface area contributed by atoms with Gasteiger partial charge in [-0.3, -0.25) is 0 Å². The summed E-state index contributed by atoms with van der Waals surface area (Å²) in [5, 5.41) is 3.46. The molecule has 278 valence electrons. The van der Waals surface area contributed by atoms with Crippen molar-refractivity contribution in [2.75, 3.05) is 0 Å². The predicted molar refractivity (Wildman–Crippen MR) is 245 cm³/mol. The van der Waals surface area contributed by atoms with E-state index >= 15 is 0 Å². The van der Waals surface area contributed by atoms with Crippen LogP contribution in [0.5, 0.6) is 0 Å². The molecule has 3 nitrogen and oxygen atoms in total. The monoisotopic (exact) mass is 753 g/mol. The Labute approximate surface area is 344 Å². The SMILES string of the molecule is CC1(C)c2ccccc2-c2cc3c(-c4cccc(-c5nc(-c6ccccc6)cc(-c6cccc7ccccc67)n5)c4)cc(-c4ccccc4-c4ccccc4)nc3cc21. The van der Waals surface area contributed by atoms with Gasteiger partial charge in [0.1, 0.15) is 0 Å². The van der Waals surface area contributed by atoms with Gasteiger partial charge in [0, 0.05) is 33.1 Å². The van der Waals surface area contributed by atoms with Gasteiger partial charge < -0.3 is 0 Å². The normalized spacial score (nSPS) is 12.7. The number of hydrogen-bond acceptors (Lipinski definition) is 3. The third-order valence-corrected chi connectivity index (χ3v) is 12.1. The Hall–Kier alpha value is -7.49. The van der Waals surface area contributed by atoms with Gasteiger partial charge in [0.05, 0.1) is 22.6 Å². The minimum atomic E-state index is -0.150. The Morgan fingerprint density at radius 2 is 0.915 bits per heavy atom. The third-order valence-electron chi connectivity index (χ3n) is 12.1. The molecule has 0 spiro atoms. The molecule has 0 saturated carbocycles. The van der Waals surface area contributed by atoms with Gasteiger partial charge in [-0.1, -0.05) is 184 Å². The van der Waals surface area contributed by atoms with Gasteiger partial charge >= 0.3 is 0 Å². The molecule has 11 rings (SSSR count). The molecule has 0 amide bonds. The van der Waals surface area contributed by atoms with Crippen LogP contribution < -0.4 is 0 Å². The minimum Gasteiger partial charge on any atom is -0.248 e. The fourth-order valence-corrected chi connectivity index (χ4v) is 9.12. The van der Waals surface area contributed by atoms with Gasteiger partial charge in [0.2, 0.25) is 0 Å². The van der Waals surface area contributed by atoms with Crippen LogP contribution in [0.4, 0.5) is 0 Å². The number of nitrogens with zero attached hydrogens (tertiary/aromatic N) is 3. The van der Waals surface area contributed by atoms with Crippen LogP contribution in [0.3, 0.4) is 0 Å². The molecule has 3 heteroatoms. The van der Waals surface area contributed by atoms with E-state index in [4.69, 9.17) is 15.0 Å². The van der Waals surface area contributed by atoms with E-state index in [1.54, 1.807) is 0 Å². The molecule has 1 aliphatic carbocycles. The molecule has 10 aromatic rings. The van der Waals surface area contributed by atoms with Crippen LogP contribution in [-0.2, 0) is 5.41 Å². The average Bonchev–Trinajstić information content (AvgIpc) is 3.53. The van der Waals surface area contributed by atoms with E-state index in [-0.39, 0.29) is 5.41 Å². The Balaban J connectivity index is 1.14. The maximum absolute atomic E-state index is 5.49. The quantitative estimate of drug-likeness (QED) is 0.170. The van der Waals surface area contributed by atoms with E-state index in [9.17, 15) is 0 Å². The van der Waals surface area contributed by atoms with E-state index in [2.05, 4.69) is 208 Å². The van der Waals surface area contributed by atoms with Gasteiger partial charge in [0.15, 0.2) is 5.82 Å². The van der Waals surface area contributed by atoms with Crippen molar-refractivity contribution in [1.29, 1.82) is 0 Å². The van der Waals surface area contributed by atoms with E-state index < -0.39 is 0 Å². The summed E-state index contributed by atoms with van der Waals surface area (Å²) in [6.45, 7) is 4.66. The van der Waals surface area contributed by atoms with Crippen molar-refractivity contribution in [2.24, 2.45) is 0 Å². The van der Waals surface area contributed by atoms with E-state index in [1.165, 1.54) is 27.6 Å². The Morgan fingerprint density at radius 1 is 0.322 bits per heavy atom. The molecule has 0 saturated heterocycles. The maximum Gasteiger partial charge on any atom is 0.160 e. The summed E-state index contributed by atoms with van der Waals surface area (Å²) in [7, 11) is 0. The lowest BCUT2D eigenvalue weighted by Crippen LogP contribution is -2.14. The first-order valence-corrected chi connectivity index (χ1v) is 20.3. The molecule has 0 bridgehead atoms. The Morgan fingerprint density at radius 3 is 1.75 bits per heavy atom. The standard InChI is InChI=1S/C56H39N3/c1-56(2)49-30-14-13-27-43(49)47-32-48-46(33-52(57-53(48)34-50(47)56)44-28-12-11-26-41(44)36-17-5-3-6-18-36)39-23-15-24-40(31-39)55-58-51(38-20-7-4-8-21-38)35-54(59-55)45-29-16-22-37-19-9-10-25-42(37)45/h3-35H,1-2H3. The van der Waals surface area contributed by atoms with E-state index in [1.807, 2.05) is 6.07 Å². The molecule has 0 unspecified atom stereocenters. The smallest absolute Gasteiger partial charge is 0.160 e. The summed E-state index contributed by atoms with van der Waals surface area (Å²) in [6, 6.07) is 71.3. The predicted octanol–water partition coefficient (Wildman–Crippen LogP) is 14.5. The molecule has 2 heterocycles. The first-order valence-electron chi connectivity index (χ1n) is 20.3. The molecular weight excluding hydrogens is 715 g/mol. The van der Waals surface area contributed by atoms with Gasteiger partial charge in [0.25, 0.3) is 0 Å². The maximum atomic E-state index is 5.49. The lowest BCUT2D eigenvalue weighted by atomic mass is 9.82.